The third-order valence-electron chi connectivity index (χ3n) is 4.49. The molecule has 0 spiro atoms. The number of halogens is 4. The second kappa shape index (κ2) is 12.7. The molecular formula is C17H28BCl4N2O2+. The van der Waals surface area contributed by atoms with Crippen LogP contribution in [0.5, 0.6) is 0 Å². The Morgan fingerprint density at radius 1 is 0.962 bits per heavy atom. The van der Waals surface area contributed by atoms with Crippen LogP contribution < -0.4 is 5.46 Å². The van der Waals surface area contributed by atoms with Gasteiger partial charge in [-0.25, -0.2) is 0 Å². The molecule has 2 N–H and O–H groups in total. The molecule has 0 radical (unpaired) electrons. The zero-order valence-electron chi connectivity index (χ0n) is 15.2. The first-order chi connectivity index (χ1) is 12.4. The summed E-state index contributed by atoms with van der Waals surface area (Å²) in [6, 6.07) is 5.74. The van der Waals surface area contributed by atoms with Crippen LogP contribution in [0.15, 0.2) is 18.2 Å². The molecule has 0 aliphatic heterocycles. The van der Waals surface area contributed by atoms with Gasteiger partial charge in [-0.2, -0.15) is 0 Å². The first kappa shape index (κ1) is 24.3. The monoisotopic (exact) mass is 443 g/mol. The smallest absolute Gasteiger partial charge is 0.423 e. The summed E-state index contributed by atoms with van der Waals surface area (Å²) in [6.45, 7) is 4.35. The van der Waals surface area contributed by atoms with Gasteiger partial charge in [-0.05, 0) is 17.1 Å². The maximum Gasteiger partial charge on any atom is 0.488 e. The highest BCUT2D eigenvalue weighted by Crippen LogP contribution is 2.15. The lowest BCUT2D eigenvalue weighted by molar-refractivity contribution is -0.918. The van der Waals surface area contributed by atoms with Gasteiger partial charge in [0.25, 0.3) is 0 Å². The molecule has 1 rings (SSSR count). The quantitative estimate of drug-likeness (QED) is 0.278. The first-order valence-corrected chi connectivity index (χ1v) is 10.8. The third kappa shape index (κ3) is 8.11. The Morgan fingerprint density at radius 2 is 1.54 bits per heavy atom. The van der Waals surface area contributed by atoms with Crippen LogP contribution in [0.3, 0.4) is 0 Å². The lowest BCUT2D eigenvalue weighted by Crippen LogP contribution is -2.46. The maximum atomic E-state index is 9.72. The molecule has 0 aliphatic rings. The molecule has 0 heterocycles. The molecule has 0 aliphatic carbocycles. The summed E-state index contributed by atoms with van der Waals surface area (Å²) >= 11 is 23.7. The van der Waals surface area contributed by atoms with Crippen LogP contribution in [-0.4, -0.2) is 83.3 Å². The van der Waals surface area contributed by atoms with Crippen molar-refractivity contribution in [2.24, 2.45) is 0 Å². The maximum absolute atomic E-state index is 9.72. The van der Waals surface area contributed by atoms with Gasteiger partial charge >= 0.3 is 7.12 Å². The molecule has 1 aromatic carbocycles. The average Bonchev–Trinajstić information content (AvgIpc) is 2.55. The van der Waals surface area contributed by atoms with E-state index < -0.39 is 7.12 Å². The van der Waals surface area contributed by atoms with Gasteiger partial charge in [0.15, 0.2) is 0 Å². The number of alkyl halides is 4. The highest BCUT2D eigenvalue weighted by molar-refractivity contribution is 6.59. The molecule has 148 valence electrons. The van der Waals surface area contributed by atoms with Crippen molar-refractivity contribution in [1.29, 1.82) is 0 Å². The Hall–Kier alpha value is 0.285. The van der Waals surface area contributed by atoms with E-state index in [0.717, 1.165) is 35.2 Å². The van der Waals surface area contributed by atoms with Gasteiger partial charge in [0.2, 0.25) is 0 Å². The van der Waals surface area contributed by atoms with Crippen LogP contribution in [0, 0.1) is 0 Å². The highest BCUT2D eigenvalue weighted by atomic mass is 35.5. The van der Waals surface area contributed by atoms with Crippen molar-refractivity contribution in [3.63, 3.8) is 0 Å². The van der Waals surface area contributed by atoms with E-state index in [9.17, 15) is 10.0 Å². The van der Waals surface area contributed by atoms with Crippen molar-refractivity contribution in [3.05, 3.63) is 29.3 Å². The van der Waals surface area contributed by atoms with Gasteiger partial charge in [-0.15, -0.1) is 46.4 Å². The number of rotatable bonds is 13. The molecular weight excluding hydrogens is 417 g/mol. The number of quaternary nitrogens is 1. The van der Waals surface area contributed by atoms with Crippen molar-refractivity contribution in [3.8, 4) is 0 Å². The van der Waals surface area contributed by atoms with E-state index in [0.29, 0.717) is 48.6 Å². The summed E-state index contributed by atoms with van der Waals surface area (Å²) < 4.78 is 0.737. The molecule has 0 unspecified atom stereocenters. The predicted molar refractivity (Wildman–Crippen MR) is 114 cm³/mol. The molecule has 0 saturated heterocycles. The summed E-state index contributed by atoms with van der Waals surface area (Å²) in [7, 11) is 0.617. The fourth-order valence-electron chi connectivity index (χ4n) is 3.01. The minimum absolute atomic E-state index is 0.494. The molecule has 0 aromatic heterocycles. The van der Waals surface area contributed by atoms with E-state index in [2.05, 4.69) is 11.9 Å². The number of benzene rings is 1. The fraction of sp³-hybridized carbons (Fsp3) is 0.647. The van der Waals surface area contributed by atoms with E-state index in [1.807, 2.05) is 12.1 Å². The van der Waals surface area contributed by atoms with Gasteiger partial charge in [-0.1, -0.05) is 12.1 Å². The molecule has 0 fully saturated rings. The minimum atomic E-state index is -1.51. The fourth-order valence-corrected chi connectivity index (χ4v) is 4.31. The number of hydrogen-bond acceptors (Lipinski definition) is 3. The van der Waals surface area contributed by atoms with E-state index >= 15 is 0 Å². The van der Waals surface area contributed by atoms with E-state index in [1.165, 1.54) is 0 Å². The molecule has 26 heavy (non-hydrogen) atoms. The van der Waals surface area contributed by atoms with Crippen molar-refractivity contribution in [2.45, 2.75) is 13.1 Å². The normalized spacial score (nSPS) is 12.0. The van der Waals surface area contributed by atoms with Crippen molar-refractivity contribution in [2.75, 3.05) is 56.7 Å². The van der Waals surface area contributed by atoms with Crippen LogP contribution in [0.1, 0.15) is 11.1 Å². The summed E-state index contributed by atoms with van der Waals surface area (Å²) in [4.78, 5) is 2.11. The molecule has 4 nitrogen and oxygen atoms in total. The lowest BCUT2D eigenvalue weighted by Gasteiger charge is -2.34. The van der Waals surface area contributed by atoms with E-state index in [4.69, 9.17) is 46.4 Å². The van der Waals surface area contributed by atoms with Crippen molar-refractivity contribution in [1.82, 2.24) is 4.90 Å². The Balaban J connectivity index is 3.09. The molecule has 1 aromatic rings. The summed E-state index contributed by atoms with van der Waals surface area (Å²) in [6.07, 6.45) is 0. The van der Waals surface area contributed by atoms with Gasteiger partial charge in [-0.3, -0.25) is 4.90 Å². The Kier molecular flexibility index (Phi) is 11.9. The Labute approximate surface area is 177 Å². The lowest BCUT2D eigenvalue weighted by atomic mass is 9.76. The number of nitrogens with zero attached hydrogens (tertiary/aromatic N) is 2. The second-order valence-electron chi connectivity index (χ2n) is 6.66. The van der Waals surface area contributed by atoms with Gasteiger partial charge < -0.3 is 14.5 Å². The zero-order valence-corrected chi connectivity index (χ0v) is 18.2. The summed E-state index contributed by atoms with van der Waals surface area (Å²) in [5, 5.41) is 19.4. The molecule has 0 atom stereocenters. The molecule has 0 saturated carbocycles. The molecule has 0 bridgehead atoms. The first-order valence-electron chi connectivity index (χ1n) is 8.66. The van der Waals surface area contributed by atoms with Gasteiger partial charge in [0.1, 0.15) is 6.54 Å². The zero-order chi connectivity index (χ0) is 19.6. The van der Waals surface area contributed by atoms with Crippen molar-refractivity contribution >= 4 is 59.0 Å². The van der Waals surface area contributed by atoms with Gasteiger partial charge in [0, 0.05) is 37.0 Å². The second-order valence-corrected chi connectivity index (χ2v) is 8.18. The van der Waals surface area contributed by atoms with Crippen LogP contribution in [-0.2, 0) is 13.1 Å². The van der Waals surface area contributed by atoms with Crippen LogP contribution in [0.25, 0.3) is 0 Å². The molecule has 9 heteroatoms. The standard InChI is InChI=1S/C17H28BCl4N2O2/c1-24(10-6-21,11-7-22)14-15-2-3-17(18(25)26)16(12-15)13-23(8-4-19)9-5-20/h2-3,12,25-26H,4-11,13-14H2,1H3/q+1. The average molecular weight is 445 g/mol. The summed E-state index contributed by atoms with van der Waals surface area (Å²) in [5.41, 5.74) is 2.49. The van der Waals surface area contributed by atoms with E-state index in [1.54, 1.807) is 6.07 Å². The van der Waals surface area contributed by atoms with Crippen LogP contribution in [0.2, 0.25) is 0 Å². The molecule has 0 amide bonds. The minimum Gasteiger partial charge on any atom is -0.423 e. The summed E-state index contributed by atoms with van der Waals surface area (Å²) in [5.74, 6) is 2.11. The Morgan fingerprint density at radius 3 is 2.00 bits per heavy atom. The number of hydrogen-bond donors (Lipinski definition) is 2. The van der Waals surface area contributed by atoms with Crippen LogP contribution >= 0.6 is 46.4 Å². The third-order valence-corrected chi connectivity index (χ3v) is 5.17. The van der Waals surface area contributed by atoms with E-state index in [-0.39, 0.29) is 0 Å². The van der Waals surface area contributed by atoms with Crippen molar-refractivity contribution < 1.29 is 14.5 Å². The van der Waals surface area contributed by atoms with Gasteiger partial charge in [0.05, 0.1) is 31.9 Å². The van der Waals surface area contributed by atoms with Crippen LogP contribution in [0.4, 0.5) is 0 Å². The SMILES string of the molecule is C[N+](CCCl)(CCCl)Cc1ccc(B(O)O)c(CN(CCCl)CCCl)c1. The topological polar surface area (TPSA) is 43.7 Å². The Bertz CT molecular complexity index is 525. The largest absolute Gasteiger partial charge is 0.488 e. The highest BCUT2D eigenvalue weighted by Gasteiger charge is 2.23. The predicted octanol–water partition coefficient (Wildman–Crippen LogP) is 2.07.